The van der Waals surface area contributed by atoms with Crippen molar-refractivity contribution in [2.24, 2.45) is 0 Å². The fraction of sp³-hybridized carbons (Fsp3) is 0.438. The number of carbonyl (C=O) groups excluding carboxylic acids is 1. The molecule has 6 heteroatoms. The molecule has 1 aliphatic heterocycles. The number of pyridine rings is 1. The van der Waals surface area contributed by atoms with E-state index >= 15 is 0 Å². The monoisotopic (exact) mass is 316 g/mol. The van der Waals surface area contributed by atoms with Crippen LogP contribution in [0.4, 0.5) is 5.69 Å². The fourth-order valence-corrected chi connectivity index (χ4v) is 3.37. The number of hydrogen-bond acceptors (Lipinski definition) is 5. The first kappa shape index (κ1) is 15.0. The van der Waals surface area contributed by atoms with Crippen molar-refractivity contribution in [2.75, 3.05) is 31.1 Å². The highest BCUT2D eigenvalue weighted by molar-refractivity contribution is 7.09. The molecule has 0 atom stereocenters. The van der Waals surface area contributed by atoms with Gasteiger partial charge >= 0.3 is 0 Å². The van der Waals surface area contributed by atoms with E-state index in [1.54, 1.807) is 23.7 Å². The summed E-state index contributed by atoms with van der Waals surface area (Å²) in [5.41, 5.74) is 2.08. The second kappa shape index (κ2) is 6.87. The zero-order chi connectivity index (χ0) is 15.4. The van der Waals surface area contributed by atoms with Crippen LogP contribution in [0, 0.1) is 0 Å². The van der Waals surface area contributed by atoms with Crippen LogP contribution >= 0.6 is 11.3 Å². The Labute approximate surface area is 134 Å². The molecule has 3 rings (SSSR count). The summed E-state index contributed by atoms with van der Waals surface area (Å²) in [4.78, 5) is 25.1. The second-order valence-corrected chi connectivity index (χ2v) is 6.28. The molecular weight excluding hydrogens is 296 g/mol. The zero-order valence-corrected chi connectivity index (χ0v) is 13.6. The van der Waals surface area contributed by atoms with Crippen molar-refractivity contribution in [3.8, 4) is 0 Å². The van der Waals surface area contributed by atoms with Crippen molar-refractivity contribution in [3.05, 3.63) is 40.6 Å². The molecule has 5 nitrogen and oxygen atoms in total. The SMILES string of the molecule is CCc1nc(CC(=O)N2CCN(c3ccncc3)CC2)cs1. The maximum absolute atomic E-state index is 12.4. The lowest BCUT2D eigenvalue weighted by atomic mass is 10.2. The predicted octanol–water partition coefficient (Wildman–Crippen LogP) is 1.99. The van der Waals surface area contributed by atoms with Gasteiger partial charge < -0.3 is 9.80 Å². The van der Waals surface area contributed by atoms with Crippen molar-refractivity contribution >= 4 is 22.9 Å². The fourth-order valence-electron chi connectivity index (χ4n) is 2.63. The molecule has 0 N–H and O–H groups in total. The minimum absolute atomic E-state index is 0.183. The number of aromatic nitrogens is 2. The Morgan fingerprint density at radius 1 is 1.23 bits per heavy atom. The van der Waals surface area contributed by atoms with E-state index in [0.29, 0.717) is 6.42 Å². The summed E-state index contributed by atoms with van der Waals surface area (Å²) in [6.07, 6.45) is 4.97. The lowest BCUT2D eigenvalue weighted by molar-refractivity contribution is -0.130. The van der Waals surface area contributed by atoms with Crippen LogP contribution in [-0.4, -0.2) is 47.0 Å². The van der Waals surface area contributed by atoms with E-state index in [1.807, 2.05) is 22.4 Å². The van der Waals surface area contributed by atoms with Crippen LogP contribution in [-0.2, 0) is 17.6 Å². The number of aryl methyl sites for hydroxylation is 1. The van der Waals surface area contributed by atoms with Gasteiger partial charge in [0, 0.05) is 49.6 Å². The van der Waals surface area contributed by atoms with Gasteiger partial charge in [0.1, 0.15) is 0 Å². The molecule has 0 radical (unpaired) electrons. The predicted molar refractivity (Wildman–Crippen MR) is 88.2 cm³/mol. The van der Waals surface area contributed by atoms with Crippen molar-refractivity contribution in [3.63, 3.8) is 0 Å². The molecule has 0 saturated carbocycles. The van der Waals surface area contributed by atoms with Gasteiger partial charge in [-0.3, -0.25) is 9.78 Å². The highest BCUT2D eigenvalue weighted by Gasteiger charge is 2.21. The number of hydrogen-bond donors (Lipinski definition) is 0. The van der Waals surface area contributed by atoms with Gasteiger partial charge in [-0.25, -0.2) is 4.98 Å². The first-order chi connectivity index (χ1) is 10.8. The molecule has 0 unspecified atom stereocenters. The third-order valence-corrected chi connectivity index (χ3v) is 4.94. The minimum atomic E-state index is 0.183. The van der Waals surface area contributed by atoms with Crippen molar-refractivity contribution in [2.45, 2.75) is 19.8 Å². The number of amides is 1. The van der Waals surface area contributed by atoms with Crippen molar-refractivity contribution in [1.82, 2.24) is 14.9 Å². The lowest BCUT2D eigenvalue weighted by Gasteiger charge is -2.36. The summed E-state index contributed by atoms with van der Waals surface area (Å²) < 4.78 is 0. The molecule has 0 aromatic carbocycles. The van der Waals surface area contributed by atoms with Gasteiger partial charge in [-0.15, -0.1) is 11.3 Å². The summed E-state index contributed by atoms with van der Waals surface area (Å²) in [6.45, 7) is 5.36. The molecule has 0 spiro atoms. The zero-order valence-electron chi connectivity index (χ0n) is 12.7. The molecule has 116 valence electrons. The van der Waals surface area contributed by atoms with Gasteiger partial charge in [-0.05, 0) is 18.6 Å². The summed E-state index contributed by atoms with van der Waals surface area (Å²) in [5.74, 6) is 0.183. The Balaban J connectivity index is 1.53. The summed E-state index contributed by atoms with van der Waals surface area (Å²) in [6, 6.07) is 4.03. The van der Waals surface area contributed by atoms with Crippen LogP contribution in [0.15, 0.2) is 29.9 Å². The van der Waals surface area contributed by atoms with E-state index in [9.17, 15) is 4.79 Å². The average molecular weight is 316 g/mol. The van der Waals surface area contributed by atoms with Gasteiger partial charge in [0.05, 0.1) is 17.1 Å². The topological polar surface area (TPSA) is 49.3 Å². The van der Waals surface area contributed by atoms with Gasteiger partial charge in [0.25, 0.3) is 0 Å². The number of carbonyl (C=O) groups is 1. The third-order valence-electron chi connectivity index (χ3n) is 3.89. The Hall–Kier alpha value is -1.95. The minimum Gasteiger partial charge on any atom is -0.368 e. The molecule has 1 amide bonds. The molecule has 3 heterocycles. The first-order valence-electron chi connectivity index (χ1n) is 7.62. The molecule has 1 saturated heterocycles. The summed E-state index contributed by atoms with van der Waals surface area (Å²) >= 11 is 1.64. The van der Waals surface area contributed by atoms with E-state index in [2.05, 4.69) is 21.8 Å². The van der Waals surface area contributed by atoms with Gasteiger partial charge in [0.2, 0.25) is 5.91 Å². The number of piperazine rings is 1. The van der Waals surface area contributed by atoms with Gasteiger partial charge in [-0.2, -0.15) is 0 Å². The van der Waals surface area contributed by atoms with Crippen LogP contribution in [0.5, 0.6) is 0 Å². The average Bonchev–Trinajstić information content (AvgIpc) is 3.03. The van der Waals surface area contributed by atoms with E-state index in [1.165, 1.54) is 5.69 Å². The molecule has 1 fully saturated rings. The summed E-state index contributed by atoms with van der Waals surface area (Å²) in [5, 5.41) is 3.11. The Morgan fingerprint density at radius 3 is 2.59 bits per heavy atom. The Kier molecular flexibility index (Phi) is 4.68. The number of thiazole rings is 1. The quantitative estimate of drug-likeness (QED) is 0.865. The van der Waals surface area contributed by atoms with Crippen LogP contribution in [0.2, 0.25) is 0 Å². The standard InChI is InChI=1S/C16H20N4OS/c1-2-15-18-13(12-22-15)11-16(21)20-9-7-19(8-10-20)14-3-5-17-6-4-14/h3-6,12H,2,7-11H2,1H3. The lowest BCUT2D eigenvalue weighted by Crippen LogP contribution is -2.49. The van der Waals surface area contributed by atoms with Gasteiger partial charge in [0.15, 0.2) is 0 Å². The maximum Gasteiger partial charge on any atom is 0.228 e. The molecule has 2 aromatic heterocycles. The Morgan fingerprint density at radius 2 is 1.95 bits per heavy atom. The highest BCUT2D eigenvalue weighted by atomic mass is 32.1. The summed E-state index contributed by atoms with van der Waals surface area (Å²) in [7, 11) is 0. The first-order valence-corrected chi connectivity index (χ1v) is 8.50. The largest absolute Gasteiger partial charge is 0.368 e. The van der Waals surface area contributed by atoms with Crippen molar-refractivity contribution in [1.29, 1.82) is 0 Å². The van der Waals surface area contributed by atoms with E-state index in [4.69, 9.17) is 0 Å². The van der Waals surface area contributed by atoms with Crippen LogP contribution in [0.3, 0.4) is 0 Å². The second-order valence-electron chi connectivity index (χ2n) is 5.34. The van der Waals surface area contributed by atoms with Crippen LogP contribution in [0.1, 0.15) is 17.6 Å². The highest BCUT2D eigenvalue weighted by Crippen LogP contribution is 2.16. The van der Waals surface area contributed by atoms with E-state index in [0.717, 1.165) is 43.3 Å². The smallest absolute Gasteiger partial charge is 0.228 e. The molecule has 2 aromatic rings. The van der Waals surface area contributed by atoms with Crippen LogP contribution < -0.4 is 4.90 Å². The number of rotatable bonds is 4. The molecule has 1 aliphatic rings. The molecule has 0 aliphatic carbocycles. The van der Waals surface area contributed by atoms with E-state index < -0.39 is 0 Å². The molecule has 0 bridgehead atoms. The normalized spacial score (nSPS) is 15.1. The van der Waals surface area contributed by atoms with Crippen molar-refractivity contribution < 1.29 is 4.79 Å². The van der Waals surface area contributed by atoms with Crippen LogP contribution in [0.25, 0.3) is 0 Å². The number of anilines is 1. The van der Waals surface area contributed by atoms with Gasteiger partial charge in [-0.1, -0.05) is 6.92 Å². The Bertz CT molecular complexity index is 620. The third kappa shape index (κ3) is 3.44. The van der Waals surface area contributed by atoms with E-state index in [-0.39, 0.29) is 5.91 Å². The maximum atomic E-state index is 12.4. The molecule has 22 heavy (non-hydrogen) atoms. The molecular formula is C16H20N4OS. The number of nitrogens with zero attached hydrogens (tertiary/aromatic N) is 4.